The predicted octanol–water partition coefficient (Wildman–Crippen LogP) is 4.21. The summed E-state index contributed by atoms with van der Waals surface area (Å²) in [6.45, 7) is 9.78. The van der Waals surface area contributed by atoms with Gasteiger partial charge in [-0.3, -0.25) is 19.8 Å². The zero-order chi connectivity index (χ0) is 23.5. The molecule has 4 heterocycles. The van der Waals surface area contributed by atoms with Gasteiger partial charge in [-0.15, -0.1) is 0 Å². The minimum atomic E-state index is -0.0941. The van der Waals surface area contributed by atoms with Crippen molar-refractivity contribution in [3.63, 3.8) is 0 Å². The Labute approximate surface area is 201 Å². The molecule has 0 bridgehead atoms. The first-order valence-corrected chi connectivity index (χ1v) is 12.8. The van der Waals surface area contributed by atoms with Crippen LogP contribution in [0.3, 0.4) is 0 Å². The van der Waals surface area contributed by atoms with Gasteiger partial charge >= 0.3 is 0 Å². The maximum atomic E-state index is 13.1. The number of hydrogen-bond acceptors (Lipinski definition) is 5. The third kappa shape index (κ3) is 5.15. The number of H-pyrrole nitrogens is 1. The molecule has 3 aromatic rings. The Kier molecular flexibility index (Phi) is 6.92. The van der Waals surface area contributed by atoms with E-state index in [4.69, 9.17) is 0 Å². The Morgan fingerprint density at radius 3 is 2.62 bits per heavy atom. The van der Waals surface area contributed by atoms with Crippen LogP contribution in [0.25, 0.3) is 22.0 Å². The van der Waals surface area contributed by atoms with E-state index in [9.17, 15) is 4.79 Å². The number of aromatic amines is 1. The molecule has 180 valence electrons. The van der Waals surface area contributed by atoms with Gasteiger partial charge in [0.2, 0.25) is 0 Å². The van der Waals surface area contributed by atoms with Gasteiger partial charge in [-0.05, 0) is 81.9 Å². The van der Waals surface area contributed by atoms with Crippen LogP contribution in [-0.4, -0.2) is 69.2 Å². The summed E-state index contributed by atoms with van der Waals surface area (Å²) in [7, 11) is 0. The van der Waals surface area contributed by atoms with E-state index in [1.807, 2.05) is 18.5 Å². The minimum absolute atomic E-state index is 0.0941. The molecule has 2 aromatic heterocycles. The Balaban J connectivity index is 1.31. The van der Waals surface area contributed by atoms with E-state index < -0.39 is 0 Å². The number of amides is 1. The van der Waals surface area contributed by atoms with Gasteiger partial charge in [0.25, 0.3) is 5.91 Å². The number of nitrogens with zero attached hydrogens (tertiary/aromatic N) is 4. The highest BCUT2D eigenvalue weighted by Crippen LogP contribution is 2.26. The van der Waals surface area contributed by atoms with Gasteiger partial charge in [-0.1, -0.05) is 12.5 Å². The van der Waals surface area contributed by atoms with Crippen molar-refractivity contribution >= 4 is 16.8 Å². The Morgan fingerprint density at radius 2 is 1.85 bits per heavy atom. The second-order valence-corrected chi connectivity index (χ2v) is 10.1. The lowest BCUT2D eigenvalue weighted by molar-refractivity contribution is 0.0897. The van der Waals surface area contributed by atoms with Crippen molar-refractivity contribution in [1.29, 1.82) is 0 Å². The van der Waals surface area contributed by atoms with Crippen molar-refractivity contribution in [3.8, 4) is 11.1 Å². The normalized spacial score (nSPS) is 18.6. The van der Waals surface area contributed by atoms with E-state index >= 15 is 0 Å². The van der Waals surface area contributed by atoms with Crippen molar-refractivity contribution in [2.45, 2.75) is 64.6 Å². The SMILES string of the molecule is CC(C)N1CCC(NC(=O)c2n[nH]c3ccc(-c4cncc(CN5CCCCC5)c4)cc23)CC1. The molecule has 0 aliphatic carbocycles. The van der Waals surface area contributed by atoms with Gasteiger partial charge < -0.3 is 10.2 Å². The molecule has 34 heavy (non-hydrogen) atoms. The summed E-state index contributed by atoms with van der Waals surface area (Å²) in [5.74, 6) is -0.0941. The minimum Gasteiger partial charge on any atom is -0.348 e. The van der Waals surface area contributed by atoms with E-state index in [1.165, 1.54) is 37.9 Å². The number of pyridine rings is 1. The number of piperidine rings is 2. The van der Waals surface area contributed by atoms with Crippen LogP contribution in [0.5, 0.6) is 0 Å². The van der Waals surface area contributed by atoms with Gasteiger partial charge in [0, 0.05) is 55.1 Å². The summed E-state index contributed by atoms with van der Waals surface area (Å²) >= 11 is 0. The summed E-state index contributed by atoms with van der Waals surface area (Å²) in [6, 6.07) is 9.13. The molecular weight excluding hydrogens is 424 g/mol. The topological polar surface area (TPSA) is 77.1 Å². The molecule has 7 heteroatoms. The highest BCUT2D eigenvalue weighted by Gasteiger charge is 2.24. The van der Waals surface area contributed by atoms with E-state index in [1.54, 1.807) is 0 Å². The van der Waals surface area contributed by atoms with Crippen LogP contribution in [0.2, 0.25) is 0 Å². The number of likely N-dealkylation sites (tertiary alicyclic amines) is 2. The maximum absolute atomic E-state index is 13.1. The van der Waals surface area contributed by atoms with Gasteiger partial charge in [0.15, 0.2) is 5.69 Å². The Bertz CT molecular complexity index is 1130. The lowest BCUT2D eigenvalue weighted by atomic mass is 10.0. The summed E-state index contributed by atoms with van der Waals surface area (Å²) in [5, 5.41) is 11.5. The average Bonchev–Trinajstić information content (AvgIpc) is 3.29. The summed E-state index contributed by atoms with van der Waals surface area (Å²) in [5.41, 5.74) is 4.71. The Morgan fingerprint density at radius 1 is 1.06 bits per heavy atom. The first-order chi connectivity index (χ1) is 16.6. The molecule has 0 saturated carbocycles. The number of fused-ring (bicyclic) bond motifs is 1. The lowest BCUT2D eigenvalue weighted by Gasteiger charge is -2.34. The van der Waals surface area contributed by atoms with Crippen LogP contribution in [0.15, 0.2) is 36.7 Å². The third-order valence-electron chi connectivity index (χ3n) is 7.36. The van der Waals surface area contributed by atoms with Crippen molar-refractivity contribution in [3.05, 3.63) is 47.9 Å². The second kappa shape index (κ2) is 10.2. The van der Waals surface area contributed by atoms with Crippen LogP contribution >= 0.6 is 0 Å². The van der Waals surface area contributed by atoms with Crippen molar-refractivity contribution in [1.82, 2.24) is 30.3 Å². The highest BCUT2D eigenvalue weighted by atomic mass is 16.2. The third-order valence-corrected chi connectivity index (χ3v) is 7.36. The summed E-state index contributed by atoms with van der Waals surface area (Å²) in [6.07, 6.45) is 9.74. The predicted molar refractivity (Wildman–Crippen MR) is 136 cm³/mol. The first-order valence-electron chi connectivity index (χ1n) is 12.8. The molecule has 1 amide bonds. The first kappa shape index (κ1) is 23.0. The molecule has 1 aromatic carbocycles. The van der Waals surface area contributed by atoms with Gasteiger partial charge in [0.1, 0.15) is 0 Å². The van der Waals surface area contributed by atoms with Crippen molar-refractivity contribution < 1.29 is 4.79 Å². The van der Waals surface area contributed by atoms with Gasteiger partial charge in [-0.2, -0.15) is 5.10 Å². The molecule has 2 aliphatic rings. The molecule has 2 N–H and O–H groups in total. The Hall–Kier alpha value is -2.77. The molecule has 2 fully saturated rings. The van der Waals surface area contributed by atoms with Crippen LogP contribution in [-0.2, 0) is 6.54 Å². The van der Waals surface area contributed by atoms with E-state index in [2.05, 4.69) is 62.3 Å². The molecule has 7 nitrogen and oxygen atoms in total. The molecule has 0 atom stereocenters. The van der Waals surface area contributed by atoms with E-state index in [0.29, 0.717) is 11.7 Å². The molecule has 5 rings (SSSR count). The average molecular weight is 461 g/mol. The number of carbonyl (C=O) groups is 1. The number of benzene rings is 1. The van der Waals surface area contributed by atoms with Crippen molar-refractivity contribution in [2.24, 2.45) is 0 Å². The van der Waals surface area contributed by atoms with E-state index in [0.717, 1.165) is 54.5 Å². The smallest absolute Gasteiger partial charge is 0.272 e. The number of nitrogens with one attached hydrogen (secondary N) is 2. The summed E-state index contributed by atoms with van der Waals surface area (Å²) < 4.78 is 0. The van der Waals surface area contributed by atoms with Crippen molar-refractivity contribution in [2.75, 3.05) is 26.2 Å². The quantitative estimate of drug-likeness (QED) is 0.576. The second-order valence-electron chi connectivity index (χ2n) is 10.1. The van der Waals surface area contributed by atoms with Crippen LogP contribution < -0.4 is 5.32 Å². The fourth-order valence-electron chi connectivity index (χ4n) is 5.29. The highest BCUT2D eigenvalue weighted by molar-refractivity contribution is 6.05. The summed E-state index contributed by atoms with van der Waals surface area (Å²) in [4.78, 5) is 22.6. The maximum Gasteiger partial charge on any atom is 0.272 e. The van der Waals surface area contributed by atoms with E-state index in [-0.39, 0.29) is 11.9 Å². The standard InChI is InChI=1S/C27H36N6O/c1-19(2)33-12-8-23(9-13-33)29-27(34)26-24-15-21(6-7-25(24)30-31-26)22-14-20(16-28-17-22)18-32-10-4-3-5-11-32/h6-7,14-17,19,23H,3-5,8-13,18H2,1-2H3,(H,29,34)(H,30,31). The van der Waals surface area contributed by atoms with Gasteiger partial charge in [0.05, 0.1) is 5.52 Å². The van der Waals surface area contributed by atoms with Gasteiger partial charge in [-0.25, -0.2) is 0 Å². The zero-order valence-corrected chi connectivity index (χ0v) is 20.4. The fourth-order valence-corrected chi connectivity index (χ4v) is 5.29. The monoisotopic (exact) mass is 460 g/mol. The number of rotatable bonds is 6. The molecular formula is C27H36N6O. The molecule has 0 radical (unpaired) electrons. The fraction of sp³-hybridized carbons (Fsp3) is 0.519. The molecule has 2 saturated heterocycles. The largest absolute Gasteiger partial charge is 0.348 e. The number of hydrogen-bond donors (Lipinski definition) is 2. The lowest BCUT2D eigenvalue weighted by Crippen LogP contribution is -2.46. The molecule has 0 spiro atoms. The number of carbonyl (C=O) groups excluding carboxylic acids is 1. The van der Waals surface area contributed by atoms with Crippen LogP contribution in [0, 0.1) is 0 Å². The molecule has 2 aliphatic heterocycles. The van der Waals surface area contributed by atoms with Crippen LogP contribution in [0.4, 0.5) is 0 Å². The van der Waals surface area contributed by atoms with Crippen LogP contribution in [0.1, 0.15) is 62.0 Å². The molecule has 0 unspecified atom stereocenters. The zero-order valence-electron chi connectivity index (χ0n) is 20.4. The number of aromatic nitrogens is 3.